The van der Waals surface area contributed by atoms with Gasteiger partial charge in [0.1, 0.15) is 30.7 Å². The third-order valence-corrected chi connectivity index (χ3v) is 7.19. The first-order valence-electron chi connectivity index (χ1n) is 11.5. The number of anilines is 1. The largest absolute Gasteiger partial charge is 0.387 e. The molecule has 198 valence electrons. The van der Waals surface area contributed by atoms with Crippen molar-refractivity contribution >= 4 is 24.4 Å². The minimum Gasteiger partial charge on any atom is -0.387 e. The molecule has 4 rings (SSSR count). The minimum absolute atomic E-state index is 0.135. The Morgan fingerprint density at radius 1 is 1.28 bits per heavy atom. The highest BCUT2D eigenvalue weighted by atomic mass is 31.2. The average molecular weight is 527 g/mol. The number of hydrogen-bond donors (Lipinski definition) is 6. The van der Waals surface area contributed by atoms with Gasteiger partial charge in [0.05, 0.1) is 24.8 Å². The number of aliphatic hydroxyl groups excluding tert-OH is 3. The Kier molecular flexibility index (Phi) is 8.56. The van der Waals surface area contributed by atoms with Crippen molar-refractivity contribution in [1.82, 2.24) is 19.7 Å². The van der Waals surface area contributed by atoms with Crippen LogP contribution in [0.4, 0.5) is 5.82 Å². The number of fused-ring (bicyclic) bond motifs is 1. The Balaban J connectivity index is 1.60. The van der Waals surface area contributed by atoms with Crippen LogP contribution in [0.3, 0.4) is 0 Å². The van der Waals surface area contributed by atoms with Crippen LogP contribution in [0.15, 0.2) is 6.20 Å². The lowest BCUT2D eigenvalue weighted by Crippen LogP contribution is -2.35. The third kappa shape index (κ3) is 5.86. The molecule has 14 nitrogen and oxygen atoms in total. The quantitative estimate of drug-likeness (QED) is 0.177. The first-order chi connectivity index (χ1) is 17.2. The molecule has 0 aromatic carbocycles. The van der Waals surface area contributed by atoms with Gasteiger partial charge in [0.2, 0.25) is 5.82 Å². The van der Waals surface area contributed by atoms with Gasteiger partial charge < -0.3 is 44.6 Å². The highest BCUT2D eigenvalue weighted by molar-refractivity contribution is 7.52. The molecule has 1 saturated heterocycles. The normalized spacial score (nSPS) is 25.7. The van der Waals surface area contributed by atoms with E-state index >= 15 is 0 Å². The van der Waals surface area contributed by atoms with E-state index in [0.717, 1.165) is 25.7 Å². The molecular weight excluding hydrogens is 497 g/mol. The van der Waals surface area contributed by atoms with Crippen molar-refractivity contribution in [1.29, 1.82) is 0 Å². The summed E-state index contributed by atoms with van der Waals surface area (Å²) in [6.45, 7) is -1.15. The van der Waals surface area contributed by atoms with Crippen molar-refractivity contribution in [3.05, 3.63) is 12.0 Å². The number of aromatic nitrogens is 4. The molecule has 15 heteroatoms. The first-order valence-corrected chi connectivity index (χ1v) is 13.2. The van der Waals surface area contributed by atoms with Crippen molar-refractivity contribution in [3.8, 4) is 11.8 Å². The molecule has 1 aliphatic heterocycles. The van der Waals surface area contributed by atoms with E-state index < -0.39 is 44.6 Å². The zero-order chi connectivity index (χ0) is 25.9. The number of methoxy groups -OCH3 is 1. The van der Waals surface area contributed by atoms with Gasteiger partial charge in [-0.15, -0.1) is 0 Å². The molecule has 36 heavy (non-hydrogen) atoms. The predicted octanol–water partition coefficient (Wildman–Crippen LogP) is -0.689. The van der Waals surface area contributed by atoms with Gasteiger partial charge >= 0.3 is 7.60 Å². The van der Waals surface area contributed by atoms with Crippen LogP contribution < -0.4 is 5.32 Å². The van der Waals surface area contributed by atoms with Crippen molar-refractivity contribution < 1.29 is 43.9 Å². The topological polar surface area (TPSA) is 202 Å². The summed E-state index contributed by atoms with van der Waals surface area (Å²) in [5.41, 5.74) is 0.290. The molecule has 0 bridgehead atoms. The number of hydrogen-bond acceptors (Lipinski definition) is 11. The summed E-state index contributed by atoms with van der Waals surface area (Å²) in [4.78, 5) is 27.7. The molecule has 2 aromatic rings. The van der Waals surface area contributed by atoms with Crippen LogP contribution in [0.2, 0.25) is 0 Å². The molecule has 3 heterocycles. The molecule has 2 fully saturated rings. The molecule has 6 N–H and O–H groups in total. The van der Waals surface area contributed by atoms with Crippen LogP contribution in [-0.4, -0.2) is 102 Å². The fourth-order valence-electron chi connectivity index (χ4n) is 4.32. The molecule has 2 aromatic heterocycles. The molecule has 0 amide bonds. The van der Waals surface area contributed by atoms with E-state index in [4.69, 9.17) is 19.3 Å². The fraction of sp³-hybridized carbons (Fsp3) is 0.667. The summed E-state index contributed by atoms with van der Waals surface area (Å²) in [6, 6.07) is 0.232. The van der Waals surface area contributed by atoms with Crippen molar-refractivity contribution in [2.75, 3.05) is 32.2 Å². The summed E-state index contributed by atoms with van der Waals surface area (Å²) in [7, 11) is -3.36. The number of ether oxygens (including phenoxy) is 3. The molecule has 0 radical (unpaired) electrons. The van der Waals surface area contributed by atoms with Crippen LogP contribution >= 0.6 is 7.60 Å². The van der Waals surface area contributed by atoms with Gasteiger partial charge in [0, 0.05) is 13.2 Å². The number of nitrogens with one attached hydrogen (secondary N) is 1. The average Bonchev–Trinajstić information content (AvgIpc) is 3.56. The predicted molar refractivity (Wildman–Crippen MR) is 125 cm³/mol. The van der Waals surface area contributed by atoms with E-state index in [1.54, 1.807) is 0 Å². The van der Waals surface area contributed by atoms with Crippen LogP contribution in [0.25, 0.3) is 11.0 Å². The fourth-order valence-corrected chi connectivity index (χ4v) is 4.94. The number of nitrogens with zero attached hydrogens (tertiary/aromatic N) is 4. The van der Waals surface area contributed by atoms with Crippen molar-refractivity contribution in [2.45, 2.75) is 62.1 Å². The molecule has 5 atom stereocenters. The van der Waals surface area contributed by atoms with Gasteiger partial charge in [-0.3, -0.25) is 4.57 Å². The maximum absolute atomic E-state index is 11.6. The summed E-state index contributed by atoms with van der Waals surface area (Å²) in [5.74, 6) is 4.30. The molecule has 1 saturated carbocycles. The van der Waals surface area contributed by atoms with Crippen LogP contribution in [-0.2, 0) is 18.8 Å². The molecule has 0 spiro atoms. The van der Waals surface area contributed by atoms with Gasteiger partial charge in [0.15, 0.2) is 17.7 Å². The second-order valence-corrected chi connectivity index (χ2v) is 10.4. The van der Waals surface area contributed by atoms with E-state index in [1.165, 1.54) is 18.0 Å². The second-order valence-electron chi connectivity index (χ2n) is 8.69. The smallest absolute Gasteiger partial charge is 0.356 e. The lowest BCUT2D eigenvalue weighted by atomic mass is 10.1. The second kappa shape index (κ2) is 11.5. The minimum atomic E-state index is -4.63. The summed E-state index contributed by atoms with van der Waals surface area (Å²) in [5, 5.41) is 38.6. The van der Waals surface area contributed by atoms with Gasteiger partial charge in [-0.25, -0.2) is 14.6 Å². The highest BCUT2D eigenvalue weighted by Crippen LogP contribution is 2.42. The Morgan fingerprint density at radius 2 is 2.03 bits per heavy atom. The third-order valence-electron chi connectivity index (χ3n) is 6.14. The SMILES string of the molecule is COCC(OC[C@H]1O[C@@H](n2ncc3c(NC4CCCC4)nc(C#CCO)nc32)[C@H](O)[C@@H]1O)P(=O)(O)O. The standard InChI is InChI=1S/C21H30N5O9P/c1-33-11-16(36(30,31)32)34-10-14-17(28)18(29)21(35-14)26-20-13(9-22-26)19(23-12-5-2-3-6-12)24-15(25-20)7-4-8-27/h9,12,14,16-18,21,27-29H,2-3,5-6,8,10-11H2,1H3,(H,23,24,25)(H2,30,31,32)/t14-,16?,17-,18-,21-/m1/s1. The number of rotatable bonds is 9. The van der Waals surface area contributed by atoms with Gasteiger partial charge in [-0.05, 0) is 18.8 Å². The molecule has 1 unspecified atom stereocenters. The molecule has 1 aliphatic carbocycles. The first kappa shape index (κ1) is 26.9. The zero-order valence-corrected chi connectivity index (χ0v) is 20.5. The van der Waals surface area contributed by atoms with Gasteiger partial charge in [0.25, 0.3) is 0 Å². The highest BCUT2D eigenvalue weighted by Gasteiger charge is 2.46. The summed E-state index contributed by atoms with van der Waals surface area (Å²) < 4.78 is 28.8. The van der Waals surface area contributed by atoms with Crippen LogP contribution in [0.5, 0.6) is 0 Å². The summed E-state index contributed by atoms with van der Waals surface area (Å²) in [6.07, 6.45) is 0.578. The monoisotopic (exact) mass is 527 g/mol. The lowest BCUT2D eigenvalue weighted by Gasteiger charge is -2.21. The van der Waals surface area contributed by atoms with E-state index in [0.29, 0.717) is 11.2 Å². The lowest BCUT2D eigenvalue weighted by molar-refractivity contribution is -0.0826. The Hall–Kier alpha value is -2.18. The summed E-state index contributed by atoms with van der Waals surface area (Å²) >= 11 is 0. The van der Waals surface area contributed by atoms with Crippen molar-refractivity contribution in [3.63, 3.8) is 0 Å². The molecule has 2 aliphatic rings. The Labute approximate surface area is 206 Å². The maximum atomic E-state index is 11.6. The van der Waals surface area contributed by atoms with Crippen LogP contribution in [0.1, 0.15) is 37.7 Å². The Bertz CT molecular complexity index is 1160. The Morgan fingerprint density at radius 3 is 2.69 bits per heavy atom. The maximum Gasteiger partial charge on any atom is 0.356 e. The van der Waals surface area contributed by atoms with E-state index in [1.807, 2.05) is 0 Å². The van der Waals surface area contributed by atoms with E-state index in [-0.39, 0.29) is 30.7 Å². The van der Waals surface area contributed by atoms with E-state index in [2.05, 4.69) is 32.2 Å². The van der Waals surface area contributed by atoms with Gasteiger partial charge in [-0.2, -0.15) is 5.10 Å². The van der Waals surface area contributed by atoms with Gasteiger partial charge in [-0.1, -0.05) is 18.8 Å². The van der Waals surface area contributed by atoms with Crippen LogP contribution in [0, 0.1) is 11.8 Å². The van der Waals surface area contributed by atoms with Crippen molar-refractivity contribution in [2.24, 2.45) is 0 Å². The molecular formula is C21H30N5O9P. The number of aliphatic hydroxyl groups is 3. The van der Waals surface area contributed by atoms with E-state index in [9.17, 15) is 24.6 Å². The zero-order valence-electron chi connectivity index (χ0n) is 19.6.